The van der Waals surface area contributed by atoms with E-state index in [-0.39, 0.29) is 6.04 Å². The Labute approximate surface area is 96.6 Å². The van der Waals surface area contributed by atoms with Crippen molar-refractivity contribution < 1.29 is 12.9 Å². The highest BCUT2D eigenvalue weighted by atomic mass is 127. The Bertz CT molecular complexity index is 110. The second-order valence-electron chi connectivity index (χ2n) is 1.09. The molecule has 56 valence electrons. The van der Waals surface area contributed by atoms with Gasteiger partial charge in [0.1, 0.15) is -0.565 Å². The van der Waals surface area contributed by atoms with Crippen molar-refractivity contribution in [1.29, 1.82) is 0 Å². The van der Waals surface area contributed by atoms with Crippen LogP contribution in [-0.4, -0.2) is 14.8 Å². The first-order valence-corrected chi connectivity index (χ1v) is 5.99. The highest BCUT2D eigenvalue weighted by Crippen LogP contribution is 2.35. The van der Waals surface area contributed by atoms with Crippen molar-refractivity contribution in [3.05, 3.63) is 0 Å². The molecule has 0 heterocycles. The predicted molar refractivity (Wildman–Crippen MR) is 61.5 cm³/mol. The van der Waals surface area contributed by atoms with Gasteiger partial charge in [0.05, 0.1) is 6.61 Å². The van der Waals surface area contributed by atoms with Gasteiger partial charge in [-0.3, -0.25) is 8.74 Å². The van der Waals surface area contributed by atoms with Crippen molar-refractivity contribution in [1.82, 2.24) is 0 Å². The summed E-state index contributed by atoms with van der Waals surface area (Å²) in [6.07, 6.45) is 0. The zero-order valence-electron chi connectivity index (χ0n) is 4.01. The molecular formula is C2H3I3O3S. The molecule has 9 heavy (non-hydrogen) atoms. The van der Waals surface area contributed by atoms with Gasteiger partial charge in [0.15, 0.2) is 0 Å². The minimum Gasteiger partial charge on any atom is -0.284 e. The summed E-state index contributed by atoms with van der Waals surface area (Å²) < 4.78 is 22.4. The van der Waals surface area contributed by atoms with E-state index in [0.717, 1.165) is 0 Å². The van der Waals surface area contributed by atoms with Crippen molar-refractivity contribution >= 4 is 79.1 Å². The van der Waals surface area contributed by atoms with E-state index < -0.39 is 11.4 Å². The average Bonchev–Trinajstić information content (AvgIpc) is 1.59. The normalized spacial score (nSPS) is 15.6. The largest absolute Gasteiger partial charge is 0.301 e. The monoisotopic (exact) mass is 488 g/mol. The van der Waals surface area contributed by atoms with Crippen LogP contribution in [0.15, 0.2) is 0 Å². The third-order valence-electron chi connectivity index (χ3n) is 0.323. The number of rotatable bonds is 3. The lowest BCUT2D eigenvalue weighted by molar-refractivity contribution is 0.325. The summed E-state index contributed by atoms with van der Waals surface area (Å²) in [6, 6.07) is 0. The molecule has 1 unspecified atom stereocenters. The zero-order valence-corrected chi connectivity index (χ0v) is 11.3. The van der Waals surface area contributed by atoms with Gasteiger partial charge < -0.3 is 0 Å². The third-order valence-corrected chi connectivity index (χ3v) is 1.58. The Balaban J connectivity index is 3.39. The third kappa shape index (κ3) is 10.3. The van der Waals surface area contributed by atoms with E-state index in [9.17, 15) is 4.21 Å². The fourth-order valence-electron chi connectivity index (χ4n) is 0.117. The zero-order chi connectivity index (χ0) is 7.49. The Hall–Kier alpha value is 2.26. The van der Waals surface area contributed by atoms with E-state index in [4.69, 9.17) is 4.55 Å². The van der Waals surface area contributed by atoms with Gasteiger partial charge >= 0.3 is 11.4 Å². The lowest BCUT2D eigenvalue weighted by Crippen LogP contribution is -2.11. The Morgan fingerprint density at radius 1 is 1.56 bits per heavy atom. The van der Waals surface area contributed by atoms with E-state index in [0.29, 0.717) is 0 Å². The van der Waals surface area contributed by atoms with Gasteiger partial charge in [0.2, 0.25) is 0 Å². The van der Waals surface area contributed by atoms with Crippen molar-refractivity contribution in [2.75, 3.05) is 6.61 Å². The van der Waals surface area contributed by atoms with Crippen LogP contribution >= 0.6 is 67.8 Å². The highest BCUT2D eigenvalue weighted by Gasteiger charge is 2.18. The summed E-state index contributed by atoms with van der Waals surface area (Å²) in [5.41, 5.74) is 0. The molecule has 0 saturated heterocycles. The second kappa shape index (κ2) is 5.00. The topological polar surface area (TPSA) is 46.5 Å². The van der Waals surface area contributed by atoms with Crippen molar-refractivity contribution in [3.63, 3.8) is 0 Å². The summed E-state index contributed by atoms with van der Waals surface area (Å²) in [5.74, 6) is 0. The Morgan fingerprint density at radius 3 is 2.11 bits per heavy atom. The van der Waals surface area contributed by atoms with E-state index in [1.807, 2.05) is 0 Å². The maximum absolute atomic E-state index is 9.92. The molecule has 3 nitrogen and oxygen atoms in total. The molecule has 1 atom stereocenters. The summed E-state index contributed by atoms with van der Waals surface area (Å²) >= 11 is 4.21. The molecular weight excluding hydrogens is 485 g/mol. The van der Waals surface area contributed by atoms with Gasteiger partial charge in [-0.2, -0.15) is 4.21 Å². The van der Waals surface area contributed by atoms with Crippen LogP contribution in [0.5, 0.6) is 0 Å². The van der Waals surface area contributed by atoms with Crippen LogP contribution in [0.25, 0.3) is 0 Å². The first-order valence-electron chi connectivity index (χ1n) is 1.73. The molecule has 0 saturated carbocycles. The molecule has 7 heteroatoms. The van der Waals surface area contributed by atoms with E-state index in [1.165, 1.54) is 0 Å². The van der Waals surface area contributed by atoms with E-state index in [2.05, 4.69) is 72.0 Å². The Kier molecular flexibility index (Phi) is 6.26. The standard InChI is InChI=1S/C2H3I3O3S/c3-2(4,5)1-8-9(6)7/h1H2,(H,6,7). The molecule has 0 aromatic heterocycles. The van der Waals surface area contributed by atoms with Crippen molar-refractivity contribution in [3.8, 4) is 0 Å². The predicted octanol–water partition coefficient (Wildman–Crippen LogP) is 2.10. The van der Waals surface area contributed by atoms with Gasteiger partial charge in [-0.15, -0.1) is 0 Å². The molecule has 0 aliphatic carbocycles. The highest BCUT2D eigenvalue weighted by molar-refractivity contribution is 14.3. The molecule has 0 aromatic carbocycles. The summed E-state index contributed by atoms with van der Waals surface area (Å²) in [4.78, 5) is 0. The molecule has 0 aliphatic heterocycles. The van der Waals surface area contributed by atoms with Crippen LogP contribution < -0.4 is 0 Å². The molecule has 0 aromatic rings. The molecule has 0 radical (unpaired) electrons. The molecule has 1 N–H and O–H groups in total. The lowest BCUT2D eigenvalue weighted by Gasteiger charge is -2.08. The SMILES string of the molecule is O=S(O)OCC(I)(I)I. The first-order chi connectivity index (χ1) is 3.92. The van der Waals surface area contributed by atoms with Crippen LogP contribution in [0.3, 0.4) is 0 Å². The average molecular weight is 488 g/mol. The van der Waals surface area contributed by atoms with Gasteiger partial charge in [-0.1, -0.05) is 67.8 Å². The lowest BCUT2D eigenvalue weighted by atomic mass is 10.9. The summed E-state index contributed by atoms with van der Waals surface area (Å²) in [7, 11) is 0. The van der Waals surface area contributed by atoms with E-state index in [1.54, 1.807) is 0 Å². The minimum absolute atomic E-state index is 0.133. The summed E-state index contributed by atoms with van der Waals surface area (Å²) in [5, 5.41) is 0. The molecule has 0 fully saturated rings. The number of hydrogen-bond donors (Lipinski definition) is 1. The van der Waals surface area contributed by atoms with Gasteiger partial charge in [0.25, 0.3) is 0 Å². The molecule has 0 rings (SSSR count). The van der Waals surface area contributed by atoms with Crippen LogP contribution in [0.4, 0.5) is 0 Å². The van der Waals surface area contributed by atoms with Crippen molar-refractivity contribution in [2.45, 2.75) is -0.565 Å². The first kappa shape index (κ1) is 11.3. The second-order valence-corrected chi connectivity index (χ2v) is 13.5. The quantitative estimate of drug-likeness (QED) is 0.377. The van der Waals surface area contributed by atoms with Crippen molar-refractivity contribution in [2.24, 2.45) is 0 Å². The number of hydrogen-bond acceptors (Lipinski definition) is 2. The summed E-state index contributed by atoms with van der Waals surface area (Å²) in [6.45, 7) is 0.262. The minimum atomic E-state index is -2.13. The van der Waals surface area contributed by atoms with Crippen LogP contribution in [0.2, 0.25) is 0 Å². The van der Waals surface area contributed by atoms with Crippen LogP contribution in [0.1, 0.15) is 0 Å². The van der Waals surface area contributed by atoms with Gasteiger partial charge in [-0.25, -0.2) is 0 Å². The molecule has 0 bridgehead atoms. The molecule has 0 spiro atoms. The molecule has 0 amide bonds. The van der Waals surface area contributed by atoms with Crippen LogP contribution in [0, 0.1) is 0 Å². The Morgan fingerprint density at radius 2 is 2.00 bits per heavy atom. The maximum atomic E-state index is 9.92. The fourth-order valence-corrected chi connectivity index (χ4v) is 1.50. The number of halogens is 3. The van der Waals surface area contributed by atoms with Gasteiger partial charge in [0, 0.05) is 0 Å². The van der Waals surface area contributed by atoms with E-state index >= 15 is 0 Å². The van der Waals surface area contributed by atoms with Gasteiger partial charge in [-0.05, 0) is 0 Å². The molecule has 0 aliphatic rings. The number of alkyl halides is 3. The van der Waals surface area contributed by atoms with Crippen LogP contribution in [-0.2, 0) is 15.5 Å². The smallest absolute Gasteiger partial charge is 0.284 e. The maximum Gasteiger partial charge on any atom is 0.301 e. The fraction of sp³-hybridized carbons (Fsp3) is 1.00.